The predicted molar refractivity (Wildman–Crippen MR) is 151 cm³/mol. The van der Waals surface area contributed by atoms with Crippen LogP contribution < -0.4 is 14.8 Å². The zero-order valence-corrected chi connectivity index (χ0v) is 22.5. The Morgan fingerprint density at radius 1 is 1.05 bits per heavy atom. The fourth-order valence-corrected chi connectivity index (χ4v) is 5.02. The molecule has 0 spiro atoms. The highest BCUT2D eigenvalue weighted by Gasteiger charge is 2.25. The number of ether oxygens (including phenoxy) is 1. The number of hydrogen-bond donors (Lipinski definition) is 4. The molecule has 1 aromatic heterocycles. The molecule has 4 N–H and O–H groups in total. The average Bonchev–Trinajstić information content (AvgIpc) is 3.33. The van der Waals surface area contributed by atoms with Crippen molar-refractivity contribution in [2.24, 2.45) is 0 Å². The van der Waals surface area contributed by atoms with Crippen molar-refractivity contribution in [2.75, 3.05) is 24.2 Å². The average molecular weight is 536 g/mol. The van der Waals surface area contributed by atoms with Gasteiger partial charge in [-0.05, 0) is 53.4 Å². The number of anilines is 1. The highest BCUT2D eigenvalue weighted by Crippen LogP contribution is 2.31. The van der Waals surface area contributed by atoms with Gasteiger partial charge >= 0.3 is 0 Å². The second-order valence-electron chi connectivity index (χ2n) is 9.36. The van der Waals surface area contributed by atoms with Crippen LogP contribution in [0.5, 0.6) is 5.75 Å². The molecular formula is C29H33N3O5S. The number of para-hydroxylation sites is 1. The topological polar surface area (TPSA) is 121 Å². The molecule has 0 aliphatic carbocycles. The lowest BCUT2D eigenvalue weighted by Crippen LogP contribution is -2.41. The maximum Gasteiger partial charge on any atom is 0.255 e. The summed E-state index contributed by atoms with van der Waals surface area (Å²) >= 11 is 0. The highest BCUT2D eigenvalue weighted by molar-refractivity contribution is 7.92. The molecular weight excluding hydrogens is 502 g/mol. The number of aromatic nitrogens is 1. The van der Waals surface area contributed by atoms with Crippen molar-refractivity contribution in [1.29, 1.82) is 0 Å². The van der Waals surface area contributed by atoms with Crippen LogP contribution in [0.2, 0.25) is 0 Å². The van der Waals surface area contributed by atoms with Crippen molar-refractivity contribution >= 4 is 32.5 Å². The number of H-pyrrole nitrogens is 1. The number of aliphatic hydroxyl groups is 1. The smallest absolute Gasteiger partial charge is 0.255 e. The number of hydrogen-bond acceptors (Lipinski definition) is 5. The summed E-state index contributed by atoms with van der Waals surface area (Å²) in [7, 11) is -3.43. The lowest BCUT2D eigenvalue weighted by atomic mass is 9.93. The van der Waals surface area contributed by atoms with E-state index in [0.717, 1.165) is 40.3 Å². The van der Waals surface area contributed by atoms with E-state index in [-0.39, 0.29) is 18.4 Å². The summed E-state index contributed by atoms with van der Waals surface area (Å²) in [5.41, 5.74) is 4.22. The quantitative estimate of drug-likeness (QED) is 0.218. The van der Waals surface area contributed by atoms with Crippen LogP contribution in [0.25, 0.3) is 22.0 Å². The number of carbonyl (C=O) groups excluding carboxylic acids is 1. The van der Waals surface area contributed by atoms with Gasteiger partial charge in [-0.2, -0.15) is 0 Å². The van der Waals surface area contributed by atoms with Gasteiger partial charge in [0.1, 0.15) is 5.75 Å². The van der Waals surface area contributed by atoms with Gasteiger partial charge < -0.3 is 20.1 Å². The fourth-order valence-electron chi connectivity index (χ4n) is 4.46. The van der Waals surface area contributed by atoms with Crippen molar-refractivity contribution in [3.63, 3.8) is 0 Å². The number of benzene rings is 3. The third kappa shape index (κ3) is 6.35. The fraction of sp³-hybridized carbons (Fsp3) is 0.276. The van der Waals surface area contributed by atoms with Gasteiger partial charge in [0, 0.05) is 28.7 Å². The minimum atomic E-state index is -3.43. The minimum absolute atomic E-state index is 0.165. The Kier molecular flexibility index (Phi) is 8.38. The number of fused-ring (bicyclic) bond motifs is 1. The van der Waals surface area contributed by atoms with E-state index in [9.17, 15) is 18.3 Å². The van der Waals surface area contributed by atoms with Crippen molar-refractivity contribution in [2.45, 2.75) is 32.2 Å². The van der Waals surface area contributed by atoms with Gasteiger partial charge in [-0.15, -0.1) is 0 Å². The Morgan fingerprint density at radius 2 is 1.82 bits per heavy atom. The molecule has 3 aromatic carbocycles. The zero-order valence-electron chi connectivity index (χ0n) is 21.7. The maximum atomic E-state index is 13.6. The molecule has 1 amide bonds. The monoisotopic (exact) mass is 535 g/mol. The van der Waals surface area contributed by atoms with Crippen LogP contribution in [0.1, 0.15) is 42.1 Å². The Morgan fingerprint density at radius 3 is 2.55 bits per heavy atom. The second-order valence-corrected chi connectivity index (χ2v) is 11.1. The predicted octanol–water partition coefficient (Wildman–Crippen LogP) is 4.89. The molecule has 0 bridgehead atoms. The molecule has 0 aliphatic rings. The normalized spacial score (nSPS) is 13.2. The van der Waals surface area contributed by atoms with Crippen LogP contribution in [0.15, 0.2) is 72.9 Å². The van der Waals surface area contributed by atoms with Gasteiger partial charge in [0.2, 0.25) is 10.0 Å². The number of sulfonamides is 1. The SMILES string of the molecule is CCCOc1ccc(-c2cccc(NS(C)(=O)=O)c2)cc1C(=O)NC(CO)[C@H](C)c1c[nH]c2ccccc12. The standard InChI is InChI=1S/C29H33N3O5S/c1-4-14-37-28-13-12-21(20-8-7-9-22(15-20)32-38(3,35)36)16-24(28)29(34)31-27(18-33)19(2)25-17-30-26-11-6-5-10-23(25)26/h5-13,15-17,19,27,30,32-33H,4,14,18H2,1-3H3,(H,31,34)/t19-,27?/m1/s1. The van der Waals surface area contributed by atoms with Gasteiger partial charge in [0.15, 0.2) is 0 Å². The maximum absolute atomic E-state index is 13.6. The van der Waals surface area contributed by atoms with Gasteiger partial charge in [-0.1, -0.05) is 50.2 Å². The van der Waals surface area contributed by atoms with E-state index in [1.54, 1.807) is 30.3 Å². The summed E-state index contributed by atoms with van der Waals surface area (Å²) in [4.78, 5) is 16.8. The molecule has 2 atom stereocenters. The lowest BCUT2D eigenvalue weighted by Gasteiger charge is -2.24. The summed E-state index contributed by atoms with van der Waals surface area (Å²) in [5.74, 6) is -0.0916. The van der Waals surface area contributed by atoms with Gasteiger partial charge in [0.05, 0.1) is 31.1 Å². The van der Waals surface area contributed by atoms with Crippen molar-refractivity contribution in [1.82, 2.24) is 10.3 Å². The molecule has 1 heterocycles. The highest BCUT2D eigenvalue weighted by atomic mass is 32.2. The molecule has 38 heavy (non-hydrogen) atoms. The first kappa shape index (κ1) is 27.2. The second kappa shape index (κ2) is 11.7. The van der Waals surface area contributed by atoms with Crippen LogP contribution >= 0.6 is 0 Å². The first-order chi connectivity index (χ1) is 18.2. The number of aromatic amines is 1. The van der Waals surface area contributed by atoms with E-state index >= 15 is 0 Å². The van der Waals surface area contributed by atoms with Crippen molar-refractivity contribution < 1.29 is 23.1 Å². The summed E-state index contributed by atoms with van der Waals surface area (Å²) in [5, 5.41) is 14.3. The molecule has 0 radical (unpaired) electrons. The van der Waals surface area contributed by atoms with E-state index < -0.39 is 16.1 Å². The molecule has 9 heteroatoms. The van der Waals surface area contributed by atoms with Crippen LogP contribution in [0, 0.1) is 0 Å². The largest absolute Gasteiger partial charge is 0.493 e. The number of carbonyl (C=O) groups is 1. The number of nitrogens with one attached hydrogen (secondary N) is 3. The van der Waals surface area contributed by atoms with Crippen LogP contribution in [-0.2, 0) is 10.0 Å². The number of rotatable bonds is 11. The molecule has 200 valence electrons. The molecule has 8 nitrogen and oxygen atoms in total. The van der Waals surface area contributed by atoms with E-state index in [1.165, 1.54) is 0 Å². The van der Waals surface area contributed by atoms with Gasteiger partial charge in [-0.3, -0.25) is 9.52 Å². The zero-order chi connectivity index (χ0) is 27.3. The van der Waals surface area contributed by atoms with E-state index in [1.807, 2.05) is 56.4 Å². The Hall–Kier alpha value is -3.82. The summed E-state index contributed by atoms with van der Waals surface area (Å²) in [6.45, 7) is 4.17. The summed E-state index contributed by atoms with van der Waals surface area (Å²) in [6.07, 6.45) is 3.79. The first-order valence-electron chi connectivity index (χ1n) is 12.5. The molecule has 0 fully saturated rings. The molecule has 4 rings (SSSR count). The van der Waals surface area contributed by atoms with E-state index in [4.69, 9.17) is 4.74 Å². The Bertz CT molecular complexity index is 1530. The summed E-state index contributed by atoms with van der Waals surface area (Å²) in [6, 6.07) is 19.6. The lowest BCUT2D eigenvalue weighted by molar-refractivity contribution is 0.0903. The molecule has 0 saturated heterocycles. The molecule has 1 unspecified atom stereocenters. The minimum Gasteiger partial charge on any atom is -0.493 e. The van der Waals surface area contributed by atoms with E-state index in [2.05, 4.69) is 15.0 Å². The summed E-state index contributed by atoms with van der Waals surface area (Å²) < 4.78 is 31.7. The number of amides is 1. The third-order valence-corrected chi connectivity index (χ3v) is 7.02. The van der Waals surface area contributed by atoms with Crippen molar-refractivity contribution in [3.05, 3.63) is 84.1 Å². The molecule has 0 saturated carbocycles. The van der Waals surface area contributed by atoms with Crippen molar-refractivity contribution in [3.8, 4) is 16.9 Å². The van der Waals surface area contributed by atoms with Gasteiger partial charge in [-0.25, -0.2) is 8.42 Å². The van der Waals surface area contributed by atoms with Crippen LogP contribution in [-0.4, -0.2) is 49.9 Å². The van der Waals surface area contributed by atoms with Crippen LogP contribution in [0.4, 0.5) is 5.69 Å². The number of aliphatic hydroxyl groups excluding tert-OH is 1. The third-order valence-electron chi connectivity index (χ3n) is 6.41. The Labute approximate surface area is 223 Å². The van der Waals surface area contributed by atoms with Gasteiger partial charge in [0.25, 0.3) is 5.91 Å². The van der Waals surface area contributed by atoms with E-state index in [0.29, 0.717) is 23.6 Å². The first-order valence-corrected chi connectivity index (χ1v) is 14.4. The molecule has 0 aliphatic heterocycles. The van der Waals surface area contributed by atoms with Crippen LogP contribution in [0.3, 0.4) is 0 Å². The molecule has 4 aromatic rings. The Balaban J connectivity index is 1.64.